The Morgan fingerprint density at radius 3 is 2.42 bits per heavy atom. The fraction of sp³-hybridized carbons (Fsp3) is 0.107. The molecule has 1 N–H and O–H groups in total. The number of nitriles is 1. The maximum atomic E-state index is 13.5. The monoisotopic (exact) mass is 497 g/mol. The molecule has 36 heavy (non-hydrogen) atoms. The van der Waals surface area contributed by atoms with Crippen LogP contribution in [0.1, 0.15) is 12.5 Å². The molecule has 0 atom stereocenters. The maximum Gasteiger partial charge on any atom is 0.273 e. The third-order valence-corrected chi connectivity index (χ3v) is 6.33. The number of hydrogen-bond donors (Lipinski definition) is 1. The Morgan fingerprint density at radius 1 is 1.06 bits per heavy atom. The number of nitrogens with zero attached hydrogens (tertiary/aromatic N) is 2. The summed E-state index contributed by atoms with van der Waals surface area (Å²) in [6.45, 7) is 2.42. The molecule has 4 aromatic rings. The van der Waals surface area contributed by atoms with Crippen LogP contribution in [-0.2, 0) is 4.79 Å². The zero-order chi connectivity index (χ0) is 25.5. The highest BCUT2D eigenvalue weighted by molar-refractivity contribution is 7.07. The summed E-state index contributed by atoms with van der Waals surface area (Å²) in [6, 6.07) is 25.1. The van der Waals surface area contributed by atoms with Crippen LogP contribution in [0.3, 0.4) is 0 Å². The van der Waals surface area contributed by atoms with Crippen LogP contribution < -0.4 is 29.5 Å². The number of amides is 1. The molecule has 8 heteroatoms. The first-order valence-electron chi connectivity index (χ1n) is 11.2. The number of para-hydroxylation sites is 2. The predicted octanol–water partition coefficient (Wildman–Crippen LogP) is 3.45. The SMILES string of the molecule is CCOc1ccc(NC(=O)C(C#N)=c2sc(=Cc3ccccc3OC)c(=O)n2-c2ccccc2)cc1. The number of carbonyl (C=O) groups excluding carboxylic acids is 1. The first kappa shape index (κ1) is 24.5. The minimum absolute atomic E-state index is 0.172. The van der Waals surface area contributed by atoms with Gasteiger partial charge in [-0.3, -0.25) is 14.2 Å². The van der Waals surface area contributed by atoms with Gasteiger partial charge in [-0.2, -0.15) is 5.26 Å². The summed E-state index contributed by atoms with van der Waals surface area (Å²) in [7, 11) is 1.56. The van der Waals surface area contributed by atoms with Crippen LogP contribution in [0, 0.1) is 11.3 Å². The maximum absolute atomic E-state index is 13.5. The third-order valence-electron chi connectivity index (χ3n) is 5.24. The van der Waals surface area contributed by atoms with Crippen LogP contribution in [0.5, 0.6) is 11.5 Å². The van der Waals surface area contributed by atoms with E-state index in [4.69, 9.17) is 9.47 Å². The second kappa shape index (κ2) is 11.2. The lowest BCUT2D eigenvalue weighted by molar-refractivity contribution is -0.111. The van der Waals surface area contributed by atoms with Crippen molar-refractivity contribution in [1.82, 2.24) is 4.57 Å². The molecule has 0 fully saturated rings. The standard InChI is InChI=1S/C28H23N3O4S/c1-3-35-22-15-13-20(14-16-22)30-26(32)23(18-29)28-31(21-10-5-4-6-11-21)27(33)25(36-28)17-19-9-7-8-12-24(19)34-2/h4-17H,3H2,1-2H3,(H,30,32). The molecule has 0 bridgehead atoms. The normalized spacial score (nSPS) is 12.0. The van der Waals surface area contributed by atoms with E-state index < -0.39 is 5.91 Å². The van der Waals surface area contributed by atoms with E-state index in [1.807, 2.05) is 37.3 Å². The van der Waals surface area contributed by atoms with Crippen molar-refractivity contribution in [2.24, 2.45) is 0 Å². The van der Waals surface area contributed by atoms with Crippen LogP contribution in [0.15, 0.2) is 83.7 Å². The minimum atomic E-state index is -0.614. The molecule has 3 aromatic carbocycles. The molecule has 0 aliphatic heterocycles. The van der Waals surface area contributed by atoms with Crippen molar-refractivity contribution in [3.05, 3.63) is 104 Å². The van der Waals surface area contributed by atoms with Gasteiger partial charge in [-0.1, -0.05) is 36.4 Å². The van der Waals surface area contributed by atoms with Gasteiger partial charge >= 0.3 is 0 Å². The number of anilines is 1. The zero-order valence-corrected chi connectivity index (χ0v) is 20.5. The molecule has 1 aromatic heterocycles. The van der Waals surface area contributed by atoms with E-state index in [1.54, 1.807) is 67.8 Å². The molecule has 7 nitrogen and oxygen atoms in total. The summed E-state index contributed by atoms with van der Waals surface area (Å²) < 4.78 is 12.8. The highest BCUT2D eigenvalue weighted by Crippen LogP contribution is 2.18. The average molecular weight is 498 g/mol. The zero-order valence-electron chi connectivity index (χ0n) is 19.7. The van der Waals surface area contributed by atoms with Crippen molar-refractivity contribution >= 4 is 34.6 Å². The van der Waals surface area contributed by atoms with Gasteiger partial charge in [0.2, 0.25) is 0 Å². The second-order valence-corrected chi connectivity index (χ2v) is 8.56. The minimum Gasteiger partial charge on any atom is -0.496 e. The summed E-state index contributed by atoms with van der Waals surface area (Å²) in [4.78, 5) is 26.7. The van der Waals surface area contributed by atoms with Crippen molar-refractivity contribution in [1.29, 1.82) is 5.26 Å². The Bertz CT molecular complexity index is 1600. The van der Waals surface area contributed by atoms with Crippen molar-refractivity contribution in [2.75, 3.05) is 19.0 Å². The molecule has 180 valence electrons. The highest BCUT2D eigenvalue weighted by atomic mass is 32.1. The largest absolute Gasteiger partial charge is 0.496 e. The van der Waals surface area contributed by atoms with Crippen LogP contribution in [0.25, 0.3) is 17.3 Å². The van der Waals surface area contributed by atoms with E-state index in [0.29, 0.717) is 39.6 Å². The molecular formula is C28H23N3O4S. The summed E-state index contributed by atoms with van der Waals surface area (Å²) in [5.41, 5.74) is 1.25. The molecule has 1 heterocycles. The number of rotatable bonds is 7. The predicted molar refractivity (Wildman–Crippen MR) is 141 cm³/mol. The summed E-state index contributed by atoms with van der Waals surface area (Å²) in [6.07, 6.45) is 1.70. The molecular weight excluding hydrogens is 474 g/mol. The Labute approximate surface area is 211 Å². The van der Waals surface area contributed by atoms with E-state index in [9.17, 15) is 14.9 Å². The van der Waals surface area contributed by atoms with Crippen molar-refractivity contribution < 1.29 is 14.3 Å². The number of nitrogens with one attached hydrogen (secondary N) is 1. The summed E-state index contributed by atoms with van der Waals surface area (Å²) in [5.74, 6) is 0.667. The fourth-order valence-corrected chi connectivity index (χ4v) is 4.67. The fourth-order valence-electron chi connectivity index (χ4n) is 3.58. The number of thiazole rings is 1. The van der Waals surface area contributed by atoms with E-state index in [2.05, 4.69) is 5.32 Å². The molecule has 0 unspecified atom stereocenters. The van der Waals surface area contributed by atoms with Gasteiger partial charge in [-0.05, 0) is 55.5 Å². The molecule has 0 aliphatic carbocycles. The molecule has 0 aliphatic rings. The van der Waals surface area contributed by atoms with E-state index >= 15 is 0 Å². The number of carbonyl (C=O) groups is 1. The molecule has 0 saturated heterocycles. The third kappa shape index (κ3) is 5.22. The highest BCUT2D eigenvalue weighted by Gasteiger charge is 2.17. The van der Waals surface area contributed by atoms with Gasteiger partial charge in [-0.25, -0.2) is 0 Å². The second-order valence-electron chi connectivity index (χ2n) is 7.53. The topological polar surface area (TPSA) is 93.3 Å². The van der Waals surface area contributed by atoms with Gasteiger partial charge in [-0.15, -0.1) is 11.3 Å². The number of aromatic nitrogens is 1. The van der Waals surface area contributed by atoms with Crippen LogP contribution in [0.2, 0.25) is 0 Å². The van der Waals surface area contributed by atoms with Crippen LogP contribution in [0.4, 0.5) is 5.69 Å². The first-order valence-corrected chi connectivity index (χ1v) is 12.0. The lowest BCUT2D eigenvalue weighted by Crippen LogP contribution is -2.32. The summed E-state index contributed by atoms with van der Waals surface area (Å²) >= 11 is 1.07. The van der Waals surface area contributed by atoms with Crippen molar-refractivity contribution in [3.63, 3.8) is 0 Å². The Balaban J connectivity index is 1.89. The number of methoxy groups -OCH3 is 1. The van der Waals surface area contributed by atoms with Crippen LogP contribution in [-0.4, -0.2) is 24.2 Å². The molecule has 0 spiro atoms. The number of hydrogen-bond acceptors (Lipinski definition) is 6. The van der Waals surface area contributed by atoms with Crippen molar-refractivity contribution in [3.8, 4) is 23.3 Å². The van der Waals surface area contributed by atoms with Gasteiger partial charge in [0, 0.05) is 11.3 Å². The van der Waals surface area contributed by atoms with Gasteiger partial charge in [0.25, 0.3) is 11.5 Å². The number of ether oxygens (including phenoxy) is 2. The van der Waals surface area contributed by atoms with E-state index in [0.717, 1.165) is 11.3 Å². The Kier molecular flexibility index (Phi) is 7.63. The van der Waals surface area contributed by atoms with Gasteiger partial charge in [0.1, 0.15) is 22.2 Å². The quantitative estimate of drug-likeness (QED) is 0.422. The first-order chi connectivity index (χ1) is 17.5. The molecule has 4 rings (SSSR count). The molecule has 0 saturated carbocycles. The van der Waals surface area contributed by atoms with E-state index in [-0.39, 0.29) is 15.8 Å². The summed E-state index contributed by atoms with van der Waals surface area (Å²) in [5, 5.41) is 12.7. The number of benzene rings is 3. The molecule has 0 radical (unpaired) electrons. The van der Waals surface area contributed by atoms with Crippen LogP contribution >= 0.6 is 11.3 Å². The van der Waals surface area contributed by atoms with E-state index in [1.165, 1.54) is 4.57 Å². The lowest BCUT2D eigenvalue weighted by atomic mass is 10.2. The van der Waals surface area contributed by atoms with Gasteiger partial charge in [0.05, 0.1) is 23.9 Å². The smallest absolute Gasteiger partial charge is 0.273 e. The lowest BCUT2D eigenvalue weighted by Gasteiger charge is -2.07. The van der Waals surface area contributed by atoms with Gasteiger partial charge in [0.15, 0.2) is 5.57 Å². The van der Waals surface area contributed by atoms with Gasteiger partial charge < -0.3 is 14.8 Å². The molecule has 1 amide bonds. The Hall–Kier alpha value is -4.61. The Morgan fingerprint density at radius 2 is 1.75 bits per heavy atom. The van der Waals surface area contributed by atoms with Crippen molar-refractivity contribution in [2.45, 2.75) is 6.92 Å². The average Bonchev–Trinajstić information content (AvgIpc) is 3.21.